The molecule has 3 aromatic rings. The van der Waals surface area contributed by atoms with Crippen LogP contribution in [0.2, 0.25) is 0 Å². The molecule has 0 atom stereocenters. The molecule has 4 N–H and O–H groups in total. The zero-order valence-electron chi connectivity index (χ0n) is 18.7. The highest BCUT2D eigenvalue weighted by atomic mass is 16.3. The molecule has 0 spiro atoms. The lowest BCUT2D eigenvalue weighted by molar-refractivity contribution is -0.119. The molecule has 0 aliphatic carbocycles. The van der Waals surface area contributed by atoms with Crippen molar-refractivity contribution in [3.63, 3.8) is 0 Å². The van der Waals surface area contributed by atoms with Gasteiger partial charge in [-0.25, -0.2) is 9.97 Å². The summed E-state index contributed by atoms with van der Waals surface area (Å²) in [4.78, 5) is 32.4. The van der Waals surface area contributed by atoms with E-state index in [2.05, 4.69) is 31.2 Å². The van der Waals surface area contributed by atoms with Crippen LogP contribution in [0, 0.1) is 6.92 Å². The summed E-state index contributed by atoms with van der Waals surface area (Å²) in [6.07, 6.45) is 4.60. The number of furan rings is 1. The Hall–Kier alpha value is -4.14. The molecule has 0 saturated heterocycles. The molecule has 2 heterocycles. The van der Waals surface area contributed by atoms with Crippen LogP contribution in [-0.2, 0) is 9.59 Å². The van der Waals surface area contributed by atoms with Crippen LogP contribution in [0.4, 0.5) is 11.6 Å². The molecule has 0 saturated carbocycles. The van der Waals surface area contributed by atoms with Crippen LogP contribution < -0.4 is 21.3 Å². The van der Waals surface area contributed by atoms with E-state index in [-0.39, 0.29) is 11.8 Å². The van der Waals surface area contributed by atoms with Gasteiger partial charge < -0.3 is 25.7 Å². The van der Waals surface area contributed by atoms with E-state index in [4.69, 9.17) is 4.42 Å². The van der Waals surface area contributed by atoms with Crippen molar-refractivity contribution in [2.45, 2.75) is 13.8 Å². The van der Waals surface area contributed by atoms with Gasteiger partial charge in [-0.05, 0) is 25.1 Å². The summed E-state index contributed by atoms with van der Waals surface area (Å²) in [5.74, 6) is 2.26. The minimum atomic E-state index is -0.210. The Balaban J connectivity index is 1.63. The predicted octanol–water partition coefficient (Wildman–Crippen LogP) is 2.83. The lowest BCUT2D eigenvalue weighted by Gasteiger charge is -2.15. The van der Waals surface area contributed by atoms with E-state index in [1.165, 1.54) is 13.0 Å². The SMILES string of the molecule is CC(=O)NCCNc1nc(-c2ccccc2)nc(NCCNC(=O)C=Cc2ccco2)c1C. The van der Waals surface area contributed by atoms with Gasteiger partial charge in [-0.3, -0.25) is 9.59 Å². The smallest absolute Gasteiger partial charge is 0.244 e. The fraction of sp³-hybridized carbons (Fsp3) is 0.250. The van der Waals surface area contributed by atoms with Crippen LogP contribution in [0.25, 0.3) is 17.5 Å². The number of hydrogen-bond donors (Lipinski definition) is 4. The highest BCUT2D eigenvalue weighted by Crippen LogP contribution is 2.24. The van der Waals surface area contributed by atoms with Crippen molar-refractivity contribution in [1.29, 1.82) is 0 Å². The van der Waals surface area contributed by atoms with E-state index in [0.717, 1.165) is 11.1 Å². The van der Waals surface area contributed by atoms with E-state index in [1.807, 2.05) is 37.3 Å². The summed E-state index contributed by atoms with van der Waals surface area (Å²) >= 11 is 0. The second-order valence-electron chi connectivity index (χ2n) is 7.21. The van der Waals surface area contributed by atoms with Crippen molar-refractivity contribution in [2.75, 3.05) is 36.8 Å². The van der Waals surface area contributed by atoms with Gasteiger partial charge in [0.25, 0.3) is 0 Å². The first-order valence-electron chi connectivity index (χ1n) is 10.7. The van der Waals surface area contributed by atoms with Crippen LogP contribution in [0.3, 0.4) is 0 Å². The first kappa shape index (κ1) is 23.5. The lowest BCUT2D eigenvalue weighted by atomic mass is 10.2. The maximum Gasteiger partial charge on any atom is 0.244 e. The number of nitrogens with one attached hydrogen (secondary N) is 4. The first-order chi connectivity index (χ1) is 16.0. The summed E-state index contributed by atoms with van der Waals surface area (Å²) in [5.41, 5.74) is 1.74. The highest BCUT2D eigenvalue weighted by Gasteiger charge is 2.12. The minimum Gasteiger partial charge on any atom is -0.465 e. The molecule has 0 aliphatic heterocycles. The highest BCUT2D eigenvalue weighted by molar-refractivity contribution is 5.91. The molecule has 9 heteroatoms. The Morgan fingerprint density at radius 3 is 2.18 bits per heavy atom. The summed E-state index contributed by atoms with van der Waals surface area (Å²) in [6.45, 7) is 5.32. The Morgan fingerprint density at radius 2 is 1.58 bits per heavy atom. The van der Waals surface area contributed by atoms with Crippen LogP contribution in [0.15, 0.2) is 59.2 Å². The largest absolute Gasteiger partial charge is 0.465 e. The second-order valence-corrected chi connectivity index (χ2v) is 7.21. The lowest BCUT2D eigenvalue weighted by Crippen LogP contribution is -2.28. The number of hydrogen-bond acceptors (Lipinski definition) is 7. The first-order valence-corrected chi connectivity index (χ1v) is 10.7. The van der Waals surface area contributed by atoms with Crippen molar-refractivity contribution in [3.8, 4) is 11.4 Å². The molecule has 0 aliphatic rings. The number of carbonyl (C=O) groups excluding carboxylic acids is 2. The summed E-state index contributed by atoms with van der Waals surface area (Å²) < 4.78 is 5.17. The third-order valence-electron chi connectivity index (χ3n) is 4.63. The van der Waals surface area contributed by atoms with Gasteiger partial charge in [0, 0.05) is 50.3 Å². The van der Waals surface area contributed by atoms with Gasteiger partial charge in [0.2, 0.25) is 11.8 Å². The third kappa shape index (κ3) is 7.49. The normalized spacial score (nSPS) is 10.7. The number of benzene rings is 1. The topological polar surface area (TPSA) is 121 Å². The molecule has 0 radical (unpaired) electrons. The molecule has 0 unspecified atom stereocenters. The minimum absolute atomic E-state index is 0.0791. The van der Waals surface area contributed by atoms with Crippen LogP contribution in [-0.4, -0.2) is 48.0 Å². The molecular formula is C24H28N6O3. The van der Waals surface area contributed by atoms with Gasteiger partial charge in [-0.15, -0.1) is 0 Å². The fourth-order valence-electron chi connectivity index (χ4n) is 2.97. The maximum absolute atomic E-state index is 12.0. The van der Waals surface area contributed by atoms with E-state index in [1.54, 1.807) is 24.5 Å². The van der Waals surface area contributed by atoms with Gasteiger partial charge >= 0.3 is 0 Å². The molecule has 1 aromatic carbocycles. The van der Waals surface area contributed by atoms with Crippen LogP contribution >= 0.6 is 0 Å². The number of nitrogens with zero attached hydrogens (tertiary/aromatic N) is 2. The van der Waals surface area contributed by atoms with Gasteiger partial charge in [-0.2, -0.15) is 0 Å². The van der Waals surface area contributed by atoms with E-state index < -0.39 is 0 Å². The molecule has 2 aromatic heterocycles. The summed E-state index contributed by atoms with van der Waals surface area (Å²) in [5, 5.41) is 12.1. The number of amides is 2. The number of aromatic nitrogens is 2. The van der Waals surface area contributed by atoms with Crippen LogP contribution in [0.1, 0.15) is 18.2 Å². The zero-order valence-corrected chi connectivity index (χ0v) is 18.7. The Labute approximate surface area is 192 Å². The Morgan fingerprint density at radius 1 is 0.909 bits per heavy atom. The van der Waals surface area contributed by atoms with Crippen molar-refractivity contribution in [1.82, 2.24) is 20.6 Å². The monoisotopic (exact) mass is 448 g/mol. The number of carbonyl (C=O) groups is 2. The quantitative estimate of drug-likeness (QED) is 0.263. The van der Waals surface area contributed by atoms with Gasteiger partial charge in [0.15, 0.2) is 5.82 Å². The third-order valence-corrected chi connectivity index (χ3v) is 4.63. The van der Waals surface area contributed by atoms with Gasteiger partial charge in [0.1, 0.15) is 17.4 Å². The van der Waals surface area contributed by atoms with Crippen molar-refractivity contribution < 1.29 is 14.0 Å². The van der Waals surface area contributed by atoms with Crippen molar-refractivity contribution in [2.24, 2.45) is 0 Å². The van der Waals surface area contributed by atoms with Crippen LogP contribution in [0.5, 0.6) is 0 Å². The van der Waals surface area contributed by atoms with Gasteiger partial charge in [-0.1, -0.05) is 30.3 Å². The fourth-order valence-corrected chi connectivity index (χ4v) is 2.97. The summed E-state index contributed by atoms with van der Waals surface area (Å²) in [7, 11) is 0. The van der Waals surface area contributed by atoms with E-state index in [9.17, 15) is 9.59 Å². The zero-order chi connectivity index (χ0) is 23.5. The molecule has 33 heavy (non-hydrogen) atoms. The molecular weight excluding hydrogens is 420 g/mol. The molecule has 0 bridgehead atoms. The molecule has 2 amide bonds. The Bertz CT molecular complexity index is 1080. The summed E-state index contributed by atoms with van der Waals surface area (Å²) in [6, 6.07) is 13.2. The standard InChI is InChI=1S/C24H28N6O3/c1-17-22(27-14-12-25-18(2)31)29-24(19-7-4-3-5-8-19)30-23(17)28-15-13-26-21(32)11-10-20-9-6-16-33-20/h3-11,16H,12-15H2,1-2H3,(H,25,31)(H,26,32)(H2,27,28,29,30). The predicted molar refractivity (Wildman–Crippen MR) is 129 cm³/mol. The molecule has 9 nitrogen and oxygen atoms in total. The molecule has 172 valence electrons. The van der Waals surface area contributed by atoms with Crippen molar-refractivity contribution in [3.05, 3.63) is 66.1 Å². The number of anilines is 2. The maximum atomic E-state index is 12.0. The number of rotatable bonds is 11. The average molecular weight is 449 g/mol. The molecule has 0 fully saturated rings. The van der Waals surface area contributed by atoms with E-state index in [0.29, 0.717) is 49.4 Å². The van der Waals surface area contributed by atoms with Crippen molar-refractivity contribution >= 4 is 29.5 Å². The van der Waals surface area contributed by atoms with E-state index >= 15 is 0 Å². The second kappa shape index (κ2) is 12.0. The Kier molecular flexibility index (Phi) is 8.58. The molecule has 3 rings (SSSR count). The van der Waals surface area contributed by atoms with Gasteiger partial charge in [0.05, 0.1) is 6.26 Å². The average Bonchev–Trinajstić information content (AvgIpc) is 3.34.